The number of phenols is 1. The summed E-state index contributed by atoms with van der Waals surface area (Å²) in [6.07, 6.45) is -1.09. The molecule has 0 fully saturated rings. The van der Waals surface area contributed by atoms with Crippen molar-refractivity contribution in [1.82, 2.24) is 9.97 Å². The molecule has 0 saturated heterocycles. The van der Waals surface area contributed by atoms with Gasteiger partial charge in [-0.05, 0) is 41.5 Å². The number of hydrogen-bond donors (Lipinski definition) is 2. The lowest BCUT2D eigenvalue weighted by atomic mass is 10.0. The Bertz CT molecular complexity index is 1100. The standard InChI is InChI=1S/C20H13F3N2O/c21-20(22,23)15-5-1-4-13(7-15)18-11-25-19-17(18)9-14(10-24-19)12-3-2-6-16(26)8-12/h1-11,26H,(H,24,25). The highest BCUT2D eigenvalue weighted by atomic mass is 19.4. The Kier molecular flexibility index (Phi) is 3.68. The number of nitrogens with zero attached hydrogens (tertiary/aromatic N) is 1. The maximum atomic E-state index is 13.0. The molecule has 0 unspecified atom stereocenters. The Hall–Kier alpha value is -3.28. The molecule has 130 valence electrons. The molecule has 26 heavy (non-hydrogen) atoms. The SMILES string of the molecule is Oc1cccc(-c2cnc3[nH]cc(-c4cccc(C(F)(F)F)c4)c3c2)c1. The number of aromatic hydroxyl groups is 1. The van der Waals surface area contributed by atoms with Crippen LogP contribution in [0, 0.1) is 0 Å². The third-order valence-electron chi connectivity index (χ3n) is 4.21. The summed E-state index contributed by atoms with van der Waals surface area (Å²) in [5.74, 6) is 0.134. The Balaban J connectivity index is 1.86. The minimum atomic E-state index is -4.40. The van der Waals surface area contributed by atoms with E-state index >= 15 is 0 Å². The van der Waals surface area contributed by atoms with Crippen LogP contribution in [0.1, 0.15) is 5.56 Å². The molecule has 0 aliphatic carbocycles. The summed E-state index contributed by atoms with van der Waals surface area (Å²) in [6.45, 7) is 0. The van der Waals surface area contributed by atoms with E-state index in [1.807, 2.05) is 12.1 Å². The fourth-order valence-electron chi connectivity index (χ4n) is 2.95. The van der Waals surface area contributed by atoms with E-state index < -0.39 is 11.7 Å². The molecule has 0 atom stereocenters. The lowest BCUT2D eigenvalue weighted by Gasteiger charge is -2.08. The van der Waals surface area contributed by atoms with Crippen molar-refractivity contribution >= 4 is 11.0 Å². The first-order valence-corrected chi connectivity index (χ1v) is 7.86. The van der Waals surface area contributed by atoms with Crippen molar-refractivity contribution in [3.63, 3.8) is 0 Å². The number of H-pyrrole nitrogens is 1. The first-order valence-electron chi connectivity index (χ1n) is 7.86. The molecule has 0 radical (unpaired) electrons. The van der Waals surface area contributed by atoms with Gasteiger partial charge in [0.15, 0.2) is 0 Å². The van der Waals surface area contributed by atoms with Crippen LogP contribution in [-0.4, -0.2) is 15.1 Å². The van der Waals surface area contributed by atoms with Crippen LogP contribution in [0.4, 0.5) is 13.2 Å². The van der Waals surface area contributed by atoms with E-state index in [0.29, 0.717) is 22.2 Å². The van der Waals surface area contributed by atoms with Gasteiger partial charge in [-0.3, -0.25) is 0 Å². The average molecular weight is 354 g/mol. The monoisotopic (exact) mass is 354 g/mol. The summed E-state index contributed by atoms with van der Waals surface area (Å²) in [7, 11) is 0. The molecular weight excluding hydrogens is 341 g/mol. The number of phenolic OH excluding ortho intramolecular Hbond substituents is 1. The predicted octanol–water partition coefficient (Wildman–Crippen LogP) is 5.62. The maximum absolute atomic E-state index is 13.0. The van der Waals surface area contributed by atoms with Crippen molar-refractivity contribution in [2.24, 2.45) is 0 Å². The molecular formula is C20H13F3N2O. The molecule has 3 nitrogen and oxygen atoms in total. The summed E-state index contributed by atoms with van der Waals surface area (Å²) in [4.78, 5) is 7.34. The van der Waals surface area contributed by atoms with Gasteiger partial charge < -0.3 is 10.1 Å². The number of nitrogens with one attached hydrogen (secondary N) is 1. The lowest BCUT2D eigenvalue weighted by molar-refractivity contribution is -0.137. The quantitative estimate of drug-likeness (QED) is 0.491. The number of halogens is 3. The van der Waals surface area contributed by atoms with Crippen LogP contribution in [0.3, 0.4) is 0 Å². The van der Waals surface area contributed by atoms with E-state index in [4.69, 9.17) is 0 Å². The molecule has 0 bridgehead atoms. The highest BCUT2D eigenvalue weighted by Gasteiger charge is 2.30. The fourth-order valence-corrected chi connectivity index (χ4v) is 2.95. The number of aromatic amines is 1. The summed E-state index contributed by atoms with van der Waals surface area (Å²) in [5.41, 5.74) is 2.53. The van der Waals surface area contributed by atoms with Gasteiger partial charge in [-0.25, -0.2) is 4.98 Å². The minimum absolute atomic E-state index is 0.134. The number of benzene rings is 2. The average Bonchev–Trinajstić information content (AvgIpc) is 3.04. The molecule has 4 rings (SSSR count). The third-order valence-corrected chi connectivity index (χ3v) is 4.21. The number of hydrogen-bond acceptors (Lipinski definition) is 2. The van der Waals surface area contributed by atoms with Crippen LogP contribution in [0.25, 0.3) is 33.3 Å². The van der Waals surface area contributed by atoms with Gasteiger partial charge >= 0.3 is 6.18 Å². The number of alkyl halides is 3. The van der Waals surface area contributed by atoms with Crippen molar-refractivity contribution in [1.29, 1.82) is 0 Å². The number of aromatic nitrogens is 2. The smallest absolute Gasteiger partial charge is 0.416 e. The van der Waals surface area contributed by atoms with Crippen LogP contribution in [0.2, 0.25) is 0 Å². The first kappa shape index (κ1) is 16.2. The third kappa shape index (κ3) is 2.90. The summed E-state index contributed by atoms with van der Waals surface area (Å²) in [6, 6.07) is 13.8. The van der Waals surface area contributed by atoms with E-state index in [1.165, 1.54) is 6.07 Å². The van der Waals surface area contributed by atoms with E-state index in [1.54, 1.807) is 36.7 Å². The normalized spacial score (nSPS) is 11.8. The van der Waals surface area contributed by atoms with Crippen molar-refractivity contribution in [3.05, 3.63) is 72.6 Å². The molecule has 2 aromatic carbocycles. The summed E-state index contributed by atoms with van der Waals surface area (Å²) in [5, 5.41) is 10.4. The second-order valence-corrected chi connectivity index (χ2v) is 5.95. The molecule has 0 amide bonds. The fraction of sp³-hybridized carbons (Fsp3) is 0.0500. The van der Waals surface area contributed by atoms with E-state index in [2.05, 4.69) is 9.97 Å². The zero-order chi connectivity index (χ0) is 18.3. The van der Waals surface area contributed by atoms with Gasteiger partial charge in [-0.15, -0.1) is 0 Å². The maximum Gasteiger partial charge on any atom is 0.416 e. The molecule has 2 heterocycles. The molecule has 4 aromatic rings. The van der Waals surface area contributed by atoms with Crippen LogP contribution < -0.4 is 0 Å². The minimum Gasteiger partial charge on any atom is -0.508 e. The topological polar surface area (TPSA) is 48.9 Å². The molecule has 0 spiro atoms. The molecule has 6 heteroatoms. The van der Waals surface area contributed by atoms with E-state index in [9.17, 15) is 18.3 Å². The zero-order valence-electron chi connectivity index (χ0n) is 13.4. The van der Waals surface area contributed by atoms with Gasteiger partial charge in [0.2, 0.25) is 0 Å². The summed E-state index contributed by atoms with van der Waals surface area (Å²) < 4.78 is 39.0. The number of fused-ring (bicyclic) bond motifs is 1. The van der Waals surface area contributed by atoms with Gasteiger partial charge in [-0.1, -0.05) is 24.3 Å². The van der Waals surface area contributed by atoms with Crippen LogP contribution in [0.15, 0.2) is 67.0 Å². The Morgan fingerprint density at radius 3 is 2.42 bits per heavy atom. The second kappa shape index (κ2) is 5.91. The molecule has 2 aromatic heterocycles. The Morgan fingerprint density at radius 1 is 0.885 bits per heavy atom. The predicted molar refractivity (Wildman–Crippen MR) is 93.6 cm³/mol. The zero-order valence-corrected chi connectivity index (χ0v) is 13.4. The van der Waals surface area contributed by atoms with Crippen LogP contribution in [0.5, 0.6) is 5.75 Å². The largest absolute Gasteiger partial charge is 0.508 e. The highest BCUT2D eigenvalue weighted by Crippen LogP contribution is 2.35. The van der Waals surface area contributed by atoms with Gasteiger partial charge in [0.05, 0.1) is 5.56 Å². The van der Waals surface area contributed by atoms with Gasteiger partial charge in [0, 0.05) is 28.9 Å². The van der Waals surface area contributed by atoms with Crippen LogP contribution in [-0.2, 0) is 6.18 Å². The second-order valence-electron chi connectivity index (χ2n) is 5.95. The Labute approximate surface area is 146 Å². The van der Waals surface area contributed by atoms with E-state index in [0.717, 1.165) is 23.3 Å². The molecule has 0 aliphatic heterocycles. The molecule has 0 saturated carbocycles. The van der Waals surface area contributed by atoms with Crippen molar-refractivity contribution < 1.29 is 18.3 Å². The van der Waals surface area contributed by atoms with Crippen molar-refractivity contribution in [2.45, 2.75) is 6.18 Å². The number of rotatable bonds is 2. The first-order chi connectivity index (χ1) is 12.4. The lowest BCUT2D eigenvalue weighted by Crippen LogP contribution is -2.04. The van der Waals surface area contributed by atoms with Gasteiger partial charge in [-0.2, -0.15) is 13.2 Å². The van der Waals surface area contributed by atoms with Gasteiger partial charge in [0.1, 0.15) is 11.4 Å². The van der Waals surface area contributed by atoms with Crippen molar-refractivity contribution in [2.75, 3.05) is 0 Å². The molecule has 0 aliphatic rings. The van der Waals surface area contributed by atoms with E-state index in [-0.39, 0.29) is 5.75 Å². The highest BCUT2D eigenvalue weighted by molar-refractivity contribution is 5.95. The van der Waals surface area contributed by atoms with Gasteiger partial charge in [0.25, 0.3) is 0 Å². The molecule has 2 N–H and O–H groups in total. The Morgan fingerprint density at radius 2 is 1.65 bits per heavy atom. The summed E-state index contributed by atoms with van der Waals surface area (Å²) >= 11 is 0. The van der Waals surface area contributed by atoms with Crippen LogP contribution >= 0.6 is 0 Å². The van der Waals surface area contributed by atoms with Crippen molar-refractivity contribution in [3.8, 4) is 28.0 Å². The number of pyridine rings is 1.